The summed E-state index contributed by atoms with van der Waals surface area (Å²) in [7, 11) is 1.78. The van der Waals surface area contributed by atoms with Gasteiger partial charge in [-0.25, -0.2) is 14.5 Å². The van der Waals surface area contributed by atoms with Gasteiger partial charge in [-0.1, -0.05) is 48.5 Å². The summed E-state index contributed by atoms with van der Waals surface area (Å²) in [5.41, 5.74) is 9.84. The molecular formula is C27H21F3N6O. The molecule has 3 aromatic carbocycles. The van der Waals surface area contributed by atoms with Crippen molar-refractivity contribution in [1.29, 1.82) is 0 Å². The van der Waals surface area contributed by atoms with Crippen molar-refractivity contribution in [2.75, 3.05) is 16.4 Å². The van der Waals surface area contributed by atoms with E-state index in [1.165, 1.54) is 12.1 Å². The van der Waals surface area contributed by atoms with Crippen LogP contribution in [-0.2, 0) is 13.2 Å². The number of carbonyl (C=O) groups excluding carboxylic acids is 1. The van der Waals surface area contributed by atoms with Crippen molar-refractivity contribution >= 4 is 34.3 Å². The first-order valence-corrected chi connectivity index (χ1v) is 11.2. The second-order valence-electron chi connectivity index (χ2n) is 8.36. The van der Waals surface area contributed by atoms with Crippen LogP contribution in [0.5, 0.6) is 0 Å². The van der Waals surface area contributed by atoms with E-state index in [-0.39, 0.29) is 5.69 Å². The molecule has 37 heavy (non-hydrogen) atoms. The average Bonchev–Trinajstić information content (AvgIpc) is 3.17. The third-order valence-corrected chi connectivity index (χ3v) is 5.79. The lowest BCUT2D eigenvalue weighted by Crippen LogP contribution is -2.19. The number of pyridine rings is 1. The molecule has 0 aliphatic rings. The van der Waals surface area contributed by atoms with E-state index in [1.54, 1.807) is 23.9 Å². The molecule has 0 spiro atoms. The lowest BCUT2D eigenvalue weighted by Gasteiger charge is -2.12. The maximum absolute atomic E-state index is 12.9. The molecule has 186 valence electrons. The summed E-state index contributed by atoms with van der Waals surface area (Å²) in [6.45, 7) is 0. The number of hydrogen-bond donors (Lipinski definition) is 3. The maximum atomic E-state index is 12.9. The number of aryl methyl sites for hydroxylation is 1. The number of urea groups is 1. The van der Waals surface area contributed by atoms with Gasteiger partial charge in [-0.2, -0.15) is 18.3 Å². The van der Waals surface area contributed by atoms with Crippen LogP contribution in [0.25, 0.3) is 33.4 Å². The van der Waals surface area contributed by atoms with Crippen LogP contribution in [0.2, 0.25) is 0 Å². The zero-order chi connectivity index (χ0) is 26.2. The van der Waals surface area contributed by atoms with E-state index in [0.717, 1.165) is 34.5 Å². The summed E-state index contributed by atoms with van der Waals surface area (Å²) in [6.07, 6.45) is -4.50. The van der Waals surface area contributed by atoms with E-state index in [4.69, 9.17) is 10.7 Å². The molecule has 0 fully saturated rings. The second kappa shape index (κ2) is 9.30. The molecule has 7 nitrogen and oxygen atoms in total. The van der Waals surface area contributed by atoms with Gasteiger partial charge in [0.2, 0.25) is 0 Å². The SMILES string of the molecule is Cn1nc(N)c2c(-c3ccc(NC(=O)Nc4cccc(C(F)(F)F)c4)cc3)cc(-c3ccccc3)nc21. The molecule has 4 N–H and O–H groups in total. The molecule has 0 radical (unpaired) electrons. The Morgan fingerprint density at radius 3 is 2.27 bits per heavy atom. The Labute approximate surface area is 209 Å². The topological polar surface area (TPSA) is 97.9 Å². The Bertz CT molecular complexity index is 1600. The molecule has 0 bridgehead atoms. The number of benzene rings is 3. The van der Waals surface area contributed by atoms with Crippen molar-refractivity contribution in [1.82, 2.24) is 14.8 Å². The lowest BCUT2D eigenvalue weighted by atomic mass is 10.00. The van der Waals surface area contributed by atoms with E-state index in [1.807, 2.05) is 48.5 Å². The van der Waals surface area contributed by atoms with Crippen molar-refractivity contribution in [2.24, 2.45) is 7.05 Å². The molecule has 0 aliphatic heterocycles. The van der Waals surface area contributed by atoms with Gasteiger partial charge in [-0.15, -0.1) is 0 Å². The Balaban J connectivity index is 1.41. The zero-order valence-electron chi connectivity index (χ0n) is 19.5. The molecule has 0 atom stereocenters. The number of nitrogen functional groups attached to an aromatic ring is 1. The number of carbonyl (C=O) groups is 1. The number of nitrogens with one attached hydrogen (secondary N) is 2. The summed E-state index contributed by atoms with van der Waals surface area (Å²) in [6, 6.07) is 22.5. The first-order valence-electron chi connectivity index (χ1n) is 11.2. The van der Waals surface area contributed by atoms with Gasteiger partial charge in [-0.05, 0) is 47.5 Å². The quantitative estimate of drug-likeness (QED) is 0.260. The first-order chi connectivity index (χ1) is 17.7. The van der Waals surface area contributed by atoms with Gasteiger partial charge in [0.1, 0.15) is 0 Å². The minimum Gasteiger partial charge on any atom is -0.382 e. The Kier molecular flexibility index (Phi) is 6.00. The van der Waals surface area contributed by atoms with Crippen LogP contribution < -0.4 is 16.4 Å². The molecule has 5 aromatic rings. The molecule has 2 amide bonds. The molecule has 2 aromatic heterocycles. The van der Waals surface area contributed by atoms with Crippen LogP contribution in [0.15, 0.2) is 84.9 Å². The number of nitrogens with two attached hydrogens (primary N) is 1. The van der Waals surface area contributed by atoms with Crippen LogP contribution in [0.3, 0.4) is 0 Å². The van der Waals surface area contributed by atoms with Gasteiger partial charge < -0.3 is 16.4 Å². The number of rotatable bonds is 4. The Morgan fingerprint density at radius 1 is 0.865 bits per heavy atom. The fourth-order valence-corrected chi connectivity index (χ4v) is 4.06. The molecule has 0 unspecified atom stereocenters. The standard InChI is InChI=1S/C27H21F3N6O/c1-36-25-23(24(31)35-36)21(15-22(34-25)17-6-3-2-4-7-17)16-10-12-19(13-11-16)32-26(37)33-20-9-5-8-18(14-20)27(28,29)30/h2-15H,1H3,(H2,31,35)(H2,32,33,37). The highest BCUT2D eigenvalue weighted by Gasteiger charge is 2.30. The molecule has 5 rings (SSSR count). The van der Waals surface area contributed by atoms with Crippen LogP contribution >= 0.6 is 0 Å². The molecule has 0 saturated carbocycles. The largest absolute Gasteiger partial charge is 0.416 e. The fourth-order valence-electron chi connectivity index (χ4n) is 4.06. The van der Waals surface area contributed by atoms with Crippen LogP contribution in [0.1, 0.15) is 5.56 Å². The average molecular weight is 503 g/mol. The number of fused-ring (bicyclic) bond motifs is 1. The predicted octanol–water partition coefficient (Wildman–Crippen LogP) is 6.55. The number of aromatic nitrogens is 3. The van der Waals surface area contributed by atoms with Crippen LogP contribution in [-0.4, -0.2) is 20.8 Å². The number of alkyl halides is 3. The molecule has 0 aliphatic carbocycles. The summed E-state index contributed by atoms with van der Waals surface area (Å²) < 4.78 is 40.4. The van der Waals surface area contributed by atoms with Gasteiger partial charge in [0, 0.05) is 24.0 Å². The van der Waals surface area contributed by atoms with Crippen molar-refractivity contribution in [3.63, 3.8) is 0 Å². The highest BCUT2D eigenvalue weighted by molar-refractivity contribution is 6.03. The minimum absolute atomic E-state index is 0.0311. The zero-order valence-corrected chi connectivity index (χ0v) is 19.5. The summed E-state index contributed by atoms with van der Waals surface area (Å²) >= 11 is 0. The van der Waals surface area contributed by atoms with Gasteiger partial charge >= 0.3 is 12.2 Å². The minimum atomic E-state index is -4.50. The predicted molar refractivity (Wildman–Crippen MR) is 138 cm³/mol. The Morgan fingerprint density at radius 2 is 1.57 bits per heavy atom. The van der Waals surface area contributed by atoms with E-state index >= 15 is 0 Å². The molecule has 10 heteroatoms. The molecular weight excluding hydrogens is 481 g/mol. The van der Waals surface area contributed by atoms with Gasteiger partial charge in [-0.3, -0.25) is 0 Å². The van der Waals surface area contributed by atoms with E-state index in [9.17, 15) is 18.0 Å². The second-order valence-corrected chi connectivity index (χ2v) is 8.36. The Hall–Kier alpha value is -4.86. The van der Waals surface area contributed by atoms with E-state index in [2.05, 4.69) is 15.7 Å². The maximum Gasteiger partial charge on any atom is 0.416 e. The van der Waals surface area contributed by atoms with Gasteiger partial charge in [0.05, 0.1) is 16.6 Å². The third kappa shape index (κ3) is 4.94. The normalized spacial score (nSPS) is 11.5. The third-order valence-electron chi connectivity index (χ3n) is 5.79. The van der Waals surface area contributed by atoms with Crippen molar-refractivity contribution in [3.8, 4) is 22.4 Å². The number of anilines is 3. The van der Waals surface area contributed by atoms with Gasteiger partial charge in [0.25, 0.3) is 0 Å². The van der Waals surface area contributed by atoms with E-state index in [0.29, 0.717) is 22.5 Å². The smallest absolute Gasteiger partial charge is 0.382 e. The number of nitrogens with zero attached hydrogens (tertiary/aromatic N) is 3. The van der Waals surface area contributed by atoms with E-state index < -0.39 is 17.8 Å². The molecule has 0 saturated heterocycles. The van der Waals surface area contributed by atoms with Crippen molar-refractivity contribution in [3.05, 3.63) is 90.5 Å². The van der Waals surface area contributed by atoms with Gasteiger partial charge in [0.15, 0.2) is 11.5 Å². The summed E-state index contributed by atoms with van der Waals surface area (Å²) in [5, 5.41) is 10.1. The summed E-state index contributed by atoms with van der Waals surface area (Å²) in [4.78, 5) is 17.1. The highest BCUT2D eigenvalue weighted by Crippen LogP contribution is 2.35. The lowest BCUT2D eigenvalue weighted by molar-refractivity contribution is -0.137. The monoisotopic (exact) mass is 502 g/mol. The number of halogens is 3. The fraction of sp³-hybridized carbons (Fsp3) is 0.0741. The molecule has 2 heterocycles. The first kappa shape index (κ1) is 23.9. The number of amides is 2. The summed E-state index contributed by atoms with van der Waals surface area (Å²) in [5.74, 6) is 0.349. The van der Waals surface area contributed by atoms with Crippen LogP contribution in [0.4, 0.5) is 35.2 Å². The highest BCUT2D eigenvalue weighted by atomic mass is 19.4. The van der Waals surface area contributed by atoms with Crippen molar-refractivity contribution < 1.29 is 18.0 Å². The van der Waals surface area contributed by atoms with Crippen molar-refractivity contribution in [2.45, 2.75) is 6.18 Å². The van der Waals surface area contributed by atoms with Crippen LogP contribution in [0, 0.1) is 0 Å². The number of hydrogen-bond acceptors (Lipinski definition) is 4.